The van der Waals surface area contributed by atoms with E-state index in [0.29, 0.717) is 16.7 Å². The number of aliphatic hydroxyl groups excluding tert-OH is 1. The molecular weight excluding hydrogens is 369 g/mol. The van der Waals surface area contributed by atoms with Gasteiger partial charge in [0.25, 0.3) is 5.69 Å². The zero-order valence-corrected chi connectivity index (χ0v) is 13.3. The van der Waals surface area contributed by atoms with Gasteiger partial charge < -0.3 is 5.11 Å². The van der Waals surface area contributed by atoms with Crippen molar-refractivity contribution in [2.24, 2.45) is 0 Å². The summed E-state index contributed by atoms with van der Waals surface area (Å²) >= 11 is 2.06. The van der Waals surface area contributed by atoms with Crippen molar-refractivity contribution < 1.29 is 10.0 Å². The molecule has 0 aliphatic rings. The monoisotopic (exact) mass is 383 g/mol. The fourth-order valence-corrected chi connectivity index (χ4v) is 2.85. The number of benzene rings is 2. The van der Waals surface area contributed by atoms with Crippen LogP contribution in [0.15, 0.2) is 36.4 Å². The van der Waals surface area contributed by atoms with Crippen LogP contribution in [0.3, 0.4) is 0 Å². The zero-order chi connectivity index (χ0) is 14.9. The summed E-state index contributed by atoms with van der Waals surface area (Å²) in [4.78, 5) is 10.8. The van der Waals surface area contributed by atoms with Gasteiger partial charge in [-0.3, -0.25) is 10.1 Å². The smallest absolute Gasteiger partial charge is 0.276 e. The van der Waals surface area contributed by atoms with Crippen LogP contribution in [0.2, 0.25) is 0 Å². The predicted molar refractivity (Wildman–Crippen MR) is 85.8 cm³/mol. The molecule has 0 spiro atoms. The average molecular weight is 383 g/mol. The van der Waals surface area contributed by atoms with Crippen molar-refractivity contribution in [1.29, 1.82) is 0 Å². The summed E-state index contributed by atoms with van der Waals surface area (Å²) < 4.78 is 0.782. The van der Waals surface area contributed by atoms with Crippen LogP contribution in [0.4, 0.5) is 5.69 Å². The van der Waals surface area contributed by atoms with E-state index in [1.54, 1.807) is 13.8 Å². The quantitative estimate of drug-likeness (QED) is 0.497. The van der Waals surface area contributed by atoms with Crippen molar-refractivity contribution in [1.82, 2.24) is 0 Å². The number of aliphatic hydroxyl groups is 1. The fourth-order valence-electron chi connectivity index (χ4n) is 2.26. The summed E-state index contributed by atoms with van der Waals surface area (Å²) in [6.45, 7) is 3.41. The first-order valence-electron chi connectivity index (χ1n) is 6.10. The van der Waals surface area contributed by atoms with Gasteiger partial charge in [0.2, 0.25) is 0 Å². The topological polar surface area (TPSA) is 63.4 Å². The van der Waals surface area contributed by atoms with Crippen LogP contribution in [-0.2, 0) is 0 Å². The Kier molecular flexibility index (Phi) is 4.39. The molecule has 1 atom stereocenters. The van der Waals surface area contributed by atoms with Crippen LogP contribution in [0, 0.1) is 27.5 Å². The third kappa shape index (κ3) is 2.69. The summed E-state index contributed by atoms with van der Waals surface area (Å²) in [5.74, 6) is 0. The second-order valence-electron chi connectivity index (χ2n) is 4.62. The fraction of sp³-hybridized carbons (Fsp3) is 0.200. The van der Waals surface area contributed by atoms with Gasteiger partial charge in [0.05, 0.1) is 4.92 Å². The lowest BCUT2D eigenvalue weighted by Gasteiger charge is -2.16. The highest BCUT2D eigenvalue weighted by Crippen LogP contribution is 2.35. The summed E-state index contributed by atoms with van der Waals surface area (Å²) in [7, 11) is 0. The number of hydrogen-bond acceptors (Lipinski definition) is 3. The van der Waals surface area contributed by atoms with E-state index in [1.165, 1.54) is 0 Å². The maximum absolute atomic E-state index is 11.2. The normalized spacial score (nSPS) is 12.2. The van der Waals surface area contributed by atoms with Gasteiger partial charge in [-0.05, 0) is 53.6 Å². The molecule has 0 radical (unpaired) electrons. The van der Waals surface area contributed by atoms with Crippen molar-refractivity contribution in [3.8, 4) is 0 Å². The van der Waals surface area contributed by atoms with Crippen molar-refractivity contribution in [3.05, 3.63) is 72.3 Å². The first-order valence-corrected chi connectivity index (χ1v) is 7.18. The van der Waals surface area contributed by atoms with E-state index in [4.69, 9.17) is 0 Å². The highest BCUT2D eigenvalue weighted by molar-refractivity contribution is 14.1. The van der Waals surface area contributed by atoms with Crippen LogP contribution in [0.25, 0.3) is 0 Å². The highest BCUT2D eigenvalue weighted by Gasteiger charge is 2.24. The van der Waals surface area contributed by atoms with E-state index in [1.807, 2.05) is 36.4 Å². The van der Waals surface area contributed by atoms with E-state index in [9.17, 15) is 15.2 Å². The second kappa shape index (κ2) is 5.88. The van der Waals surface area contributed by atoms with Crippen LogP contribution in [-0.4, -0.2) is 10.0 Å². The Hall–Kier alpha value is -1.47. The van der Waals surface area contributed by atoms with E-state index in [0.717, 1.165) is 9.13 Å². The summed E-state index contributed by atoms with van der Waals surface area (Å²) in [5, 5.41) is 21.7. The molecule has 2 aromatic carbocycles. The highest BCUT2D eigenvalue weighted by atomic mass is 127. The molecule has 104 valence electrons. The Bertz CT molecular complexity index is 656. The van der Waals surface area contributed by atoms with Crippen molar-refractivity contribution in [2.75, 3.05) is 0 Å². The van der Waals surface area contributed by atoms with Gasteiger partial charge in [-0.15, -0.1) is 0 Å². The molecule has 0 heterocycles. The predicted octanol–water partition coefficient (Wildman–Crippen LogP) is 3.90. The van der Waals surface area contributed by atoms with Gasteiger partial charge in [0, 0.05) is 14.7 Å². The Morgan fingerprint density at radius 2 is 1.80 bits per heavy atom. The minimum Gasteiger partial charge on any atom is -0.384 e. The summed E-state index contributed by atoms with van der Waals surface area (Å²) in [6.07, 6.45) is -0.857. The Morgan fingerprint density at radius 3 is 2.35 bits per heavy atom. The van der Waals surface area contributed by atoms with Crippen LogP contribution in [0.1, 0.15) is 28.4 Å². The first-order chi connectivity index (χ1) is 9.43. The zero-order valence-electron chi connectivity index (χ0n) is 11.1. The second-order valence-corrected chi connectivity index (χ2v) is 5.78. The SMILES string of the molecule is Cc1c(I)cc(C(O)c2ccccc2)c(C)c1[N+](=O)[O-]. The standard InChI is InChI=1S/C15H14INO3/c1-9-12(15(18)11-6-4-3-5-7-11)8-13(16)10(2)14(9)17(19)20/h3-8,15,18H,1-2H3. The molecule has 4 nitrogen and oxygen atoms in total. The van der Waals surface area contributed by atoms with Crippen LogP contribution < -0.4 is 0 Å². The molecule has 0 saturated carbocycles. The third-order valence-electron chi connectivity index (χ3n) is 3.38. The lowest BCUT2D eigenvalue weighted by Crippen LogP contribution is -2.07. The van der Waals surface area contributed by atoms with Gasteiger partial charge in [-0.2, -0.15) is 0 Å². The number of nitro benzene ring substituents is 1. The molecule has 1 unspecified atom stereocenters. The average Bonchev–Trinajstić information content (AvgIpc) is 2.43. The van der Waals surface area contributed by atoms with E-state index >= 15 is 0 Å². The molecule has 2 aromatic rings. The minimum atomic E-state index is -0.857. The molecule has 0 fully saturated rings. The van der Waals surface area contributed by atoms with Crippen molar-refractivity contribution in [2.45, 2.75) is 20.0 Å². The van der Waals surface area contributed by atoms with E-state index in [-0.39, 0.29) is 10.6 Å². The van der Waals surface area contributed by atoms with Gasteiger partial charge in [0.1, 0.15) is 6.10 Å². The Morgan fingerprint density at radius 1 is 1.20 bits per heavy atom. The maximum Gasteiger partial charge on any atom is 0.276 e. The molecule has 2 rings (SSSR count). The lowest BCUT2D eigenvalue weighted by atomic mass is 9.94. The first kappa shape index (κ1) is 14.9. The number of nitrogens with zero attached hydrogens (tertiary/aromatic N) is 1. The molecular formula is C15H14INO3. The van der Waals surface area contributed by atoms with Gasteiger partial charge in [-0.1, -0.05) is 30.3 Å². The largest absolute Gasteiger partial charge is 0.384 e. The number of nitro groups is 1. The Balaban J connectivity index is 2.61. The van der Waals surface area contributed by atoms with Gasteiger partial charge >= 0.3 is 0 Å². The maximum atomic E-state index is 11.2. The molecule has 0 aromatic heterocycles. The molecule has 0 aliphatic carbocycles. The summed E-state index contributed by atoms with van der Waals surface area (Å²) in [5.41, 5.74) is 2.55. The summed E-state index contributed by atoms with van der Waals surface area (Å²) in [6, 6.07) is 11.0. The third-order valence-corrected chi connectivity index (χ3v) is 4.50. The molecule has 20 heavy (non-hydrogen) atoms. The van der Waals surface area contributed by atoms with Crippen molar-refractivity contribution >= 4 is 28.3 Å². The Labute approximate surface area is 130 Å². The molecule has 0 aliphatic heterocycles. The molecule has 5 heteroatoms. The van der Waals surface area contributed by atoms with Crippen molar-refractivity contribution in [3.63, 3.8) is 0 Å². The van der Waals surface area contributed by atoms with Crippen LogP contribution >= 0.6 is 22.6 Å². The van der Waals surface area contributed by atoms with Crippen LogP contribution in [0.5, 0.6) is 0 Å². The number of rotatable bonds is 3. The molecule has 0 bridgehead atoms. The van der Waals surface area contributed by atoms with Gasteiger partial charge in [-0.25, -0.2) is 0 Å². The molecule has 0 saturated heterocycles. The van der Waals surface area contributed by atoms with Gasteiger partial charge in [0.15, 0.2) is 0 Å². The lowest BCUT2D eigenvalue weighted by molar-refractivity contribution is -0.386. The number of halogens is 1. The molecule has 1 N–H and O–H groups in total. The van der Waals surface area contributed by atoms with E-state index in [2.05, 4.69) is 22.6 Å². The molecule has 0 amide bonds. The van der Waals surface area contributed by atoms with E-state index < -0.39 is 6.10 Å². The minimum absolute atomic E-state index is 0.0851. The number of hydrogen-bond donors (Lipinski definition) is 1.